The summed E-state index contributed by atoms with van der Waals surface area (Å²) in [4.78, 5) is 28.3. The average Bonchev–Trinajstić information content (AvgIpc) is 3.29. The first-order chi connectivity index (χ1) is 17.4. The van der Waals surface area contributed by atoms with Gasteiger partial charge in [-0.15, -0.1) is 0 Å². The number of ether oxygens (including phenoxy) is 3. The van der Waals surface area contributed by atoms with Crippen LogP contribution in [0.1, 0.15) is 31.1 Å². The van der Waals surface area contributed by atoms with E-state index in [2.05, 4.69) is 10.3 Å². The second-order valence-electron chi connectivity index (χ2n) is 7.53. The number of carbonyl (C=O) groups excluding carboxylic acids is 1. The summed E-state index contributed by atoms with van der Waals surface area (Å²) in [6, 6.07) is 14.4. The van der Waals surface area contributed by atoms with Crippen molar-refractivity contribution in [1.82, 2.24) is 4.98 Å². The fourth-order valence-electron chi connectivity index (χ4n) is 3.64. The van der Waals surface area contributed by atoms with E-state index in [0.29, 0.717) is 65.0 Å². The van der Waals surface area contributed by atoms with Gasteiger partial charge >= 0.3 is 0 Å². The van der Waals surface area contributed by atoms with Crippen LogP contribution >= 0.6 is 0 Å². The first-order valence-electron chi connectivity index (χ1n) is 11.5. The number of para-hydroxylation sites is 1. The Labute approximate surface area is 207 Å². The van der Waals surface area contributed by atoms with Crippen LogP contribution in [0.4, 0.5) is 11.4 Å². The Morgan fingerprint density at radius 1 is 0.972 bits per heavy atom. The van der Waals surface area contributed by atoms with E-state index in [0.717, 1.165) is 0 Å². The molecule has 4 rings (SSSR count). The molecule has 0 saturated carbocycles. The lowest BCUT2D eigenvalue weighted by molar-refractivity contribution is -0.384. The number of non-ortho nitro benzene ring substituents is 1. The second-order valence-corrected chi connectivity index (χ2v) is 7.53. The molecule has 0 fully saturated rings. The highest BCUT2D eigenvalue weighted by molar-refractivity contribution is 6.06. The Morgan fingerprint density at radius 2 is 1.64 bits per heavy atom. The van der Waals surface area contributed by atoms with Crippen LogP contribution in [-0.2, 0) is 0 Å². The van der Waals surface area contributed by atoms with Gasteiger partial charge in [-0.2, -0.15) is 0 Å². The van der Waals surface area contributed by atoms with Gasteiger partial charge in [0.1, 0.15) is 5.52 Å². The van der Waals surface area contributed by atoms with Crippen LogP contribution in [0.5, 0.6) is 17.2 Å². The number of oxazole rings is 1. The molecule has 1 heterocycles. The molecule has 0 saturated heterocycles. The van der Waals surface area contributed by atoms with Crippen LogP contribution in [0.15, 0.2) is 59.0 Å². The topological polar surface area (TPSA) is 126 Å². The van der Waals surface area contributed by atoms with Crippen molar-refractivity contribution in [2.75, 3.05) is 25.1 Å². The van der Waals surface area contributed by atoms with E-state index in [9.17, 15) is 14.9 Å². The molecule has 1 amide bonds. The van der Waals surface area contributed by atoms with Gasteiger partial charge in [-0.25, -0.2) is 4.98 Å². The number of nitro groups is 1. The molecule has 0 radical (unpaired) electrons. The number of benzene rings is 3. The van der Waals surface area contributed by atoms with Gasteiger partial charge in [0.15, 0.2) is 17.1 Å². The van der Waals surface area contributed by atoms with Crippen LogP contribution in [0.3, 0.4) is 0 Å². The summed E-state index contributed by atoms with van der Waals surface area (Å²) in [6.45, 7) is 6.72. The summed E-state index contributed by atoms with van der Waals surface area (Å²) in [5.41, 5.74) is 1.93. The molecule has 0 unspecified atom stereocenters. The molecule has 0 aliphatic rings. The molecular weight excluding hydrogens is 466 g/mol. The van der Waals surface area contributed by atoms with Crippen LogP contribution in [-0.4, -0.2) is 35.6 Å². The summed E-state index contributed by atoms with van der Waals surface area (Å²) in [5, 5.41) is 14.0. The molecule has 10 heteroatoms. The van der Waals surface area contributed by atoms with E-state index >= 15 is 0 Å². The van der Waals surface area contributed by atoms with E-state index in [4.69, 9.17) is 18.6 Å². The third-order valence-corrected chi connectivity index (χ3v) is 5.16. The summed E-state index contributed by atoms with van der Waals surface area (Å²) in [7, 11) is 0. The van der Waals surface area contributed by atoms with Crippen LogP contribution in [0, 0.1) is 10.1 Å². The molecule has 0 spiro atoms. The van der Waals surface area contributed by atoms with Crippen molar-refractivity contribution in [1.29, 1.82) is 0 Å². The smallest absolute Gasteiger partial charge is 0.271 e. The van der Waals surface area contributed by atoms with Crippen molar-refractivity contribution < 1.29 is 28.3 Å². The number of nitro benzene ring substituents is 1. The molecular formula is C26H25N3O7. The van der Waals surface area contributed by atoms with Crippen LogP contribution in [0.25, 0.3) is 22.6 Å². The second kappa shape index (κ2) is 10.8. The van der Waals surface area contributed by atoms with Crippen molar-refractivity contribution >= 4 is 28.4 Å². The largest absolute Gasteiger partial charge is 0.490 e. The van der Waals surface area contributed by atoms with Crippen molar-refractivity contribution in [3.63, 3.8) is 0 Å². The molecule has 0 aliphatic heterocycles. The number of nitrogens with one attached hydrogen (secondary N) is 1. The number of amides is 1. The third kappa shape index (κ3) is 5.07. The summed E-state index contributed by atoms with van der Waals surface area (Å²) in [6.07, 6.45) is 0. The Kier molecular flexibility index (Phi) is 7.33. The van der Waals surface area contributed by atoms with Gasteiger partial charge in [0.25, 0.3) is 11.6 Å². The Hall–Kier alpha value is -4.60. The molecule has 0 aliphatic carbocycles. The number of anilines is 1. The fourth-order valence-corrected chi connectivity index (χ4v) is 3.64. The normalized spacial score (nSPS) is 10.8. The maximum atomic E-state index is 13.3. The SMILES string of the molecule is CCOc1cc(C(=O)Nc2ccccc2-c2nc3cc([N+](=O)[O-])ccc3o2)cc(OCC)c1OCC. The van der Waals surface area contributed by atoms with Crippen LogP contribution < -0.4 is 19.5 Å². The number of carbonyl (C=O) groups is 1. The predicted octanol–water partition coefficient (Wildman–Crippen LogP) is 5.85. The van der Waals surface area contributed by atoms with Gasteiger partial charge in [-0.05, 0) is 51.1 Å². The number of hydrogen-bond donors (Lipinski definition) is 1. The van der Waals surface area contributed by atoms with Gasteiger partial charge < -0.3 is 23.9 Å². The monoisotopic (exact) mass is 491 g/mol. The van der Waals surface area contributed by atoms with Gasteiger partial charge in [0.2, 0.25) is 11.6 Å². The zero-order valence-electron chi connectivity index (χ0n) is 20.1. The van der Waals surface area contributed by atoms with E-state index in [1.165, 1.54) is 18.2 Å². The Morgan fingerprint density at radius 3 is 2.28 bits per heavy atom. The average molecular weight is 492 g/mol. The van der Waals surface area contributed by atoms with Crippen molar-refractivity contribution in [2.45, 2.75) is 20.8 Å². The van der Waals surface area contributed by atoms with Crippen molar-refractivity contribution in [3.8, 4) is 28.7 Å². The molecule has 0 atom stereocenters. The number of rotatable bonds is 10. The quantitative estimate of drug-likeness (QED) is 0.216. The van der Waals surface area contributed by atoms with Gasteiger partial charge in [-0.1, -0.05) is 12.1 Å². The Balaban J connectivity index is 1.69. The van der Waals surface area contributed by atoms with E-state index in [-0.39, 0.29) is 11.6 Å². The number of aromatic nitrogens is 1. The number of hydrogen-bond acceptors (Lipinski definition) is 8. The third-order valence-electron chi connectivity index (χ3n) is 5.16. The zero-order valence-corrected chi connectivity index (χ0v) is 20.1. The summed E-state index contributed by atoms with van der Waals surface area (Å²) >= 11 is 0. The van der Waals surface area contributed by atoms with E-state index < -0.39 is 10.8 Å². The lowest BCUT2D eigenvalue weighted by Crippen LogP contribution is -2.14. The molecule has 4 aromatic rings. The minimum Gasteiger partial charge on any atom is -0.490 e. The zero-order chi connectivity index (χ0) is 25.7. The van der Waals surface area contributed by atoms with Gasteiger partial charge in [0.05, 0.1) is 36.0 Å². The molecule has 1 aromatic heterocycles. The minimum absolute atomic E-state index is 0.0883. The summed E-state index contributed by atoms with van der Waals surface area (Å²) in [5.74, 6) is 1.07. The van der Waals surface area contributed by atoms with Crippen molar-refractivity contribution in [2.24, 2.45) is 0 Å². The van der Waals surface area contributed by atoms with Crippen molar-refractivity contribution in [3.05, 3.63) is 70.3 Å². The fraction of sp³-hybridized carbons (Fsp3) is 0.231. The molecule has 1 N–H and O–H groups in total. The molecule has 10 nitrogen and oxygen atoms in total. The molecule has 0 bridgehead atoms. The predicted molar refractivity (Wildman–Crippen MR) is 134 cm³/mol. The summed E-state index contributed by atoms with van der Waals surface area (Å²) < 4.78 is 23.0. The lowest BCUT2D eigenvalue weighted by Gasteiger charge is -2.17. The molecule has 36 heavy (non-hydrogen) atoms. The maximum Gasteiger partial charge on any atom is 0.271 e. The maximum absolute atomic E-state index is 13.3. The standard InChI is InChI=1S/C26H25N3O7/c1-4-33-22-13-16(14-23(34-5-2)24(22)35-6-3)25(30)27-19-10-8-7-9-18(19)26-28-20-15-17(29(31)32)11-12-21(20)36-26/h7-15H,4-6H2,1-3H3,(H,27,30). The lowest BCUT2D eigenvalue weighted by atomic mass is 10.1. The van der Waals surface area contributed by atoms with E-state index in [1.807, 2.05) is 20.8 Å². The Bertz CT molecular complexity index is 1390. The number of fused-ring (bicyclic) bond motifs is 1. The van der Waals surface area contributed by atoms with Gasteiger partial charge in [0, 0.05) is 17.7 Å². The first kappa shape index (κ1) is 24.5. The minimum atomic E-state index is -0.494. The highest BCUT2D eigenvalue weighted by Crippen LogP contribution is 2.39. The highest BCUT2D eigenvalue weighted by atomic mass is 16.6. The molecule has 3 aromatic carbocycles. The van der Waals surface area contributed by atoms with Crippen LogP contribution in [0.2, 0.25) is 0 Å². The van der Waals surface area contributed by atoms with Gasteiger partial charge in [-0.3, -0.25) is 14.9 Å². The molecule has 186 valence electrons. The first-order valence-corrected chi connectivity index (χ1v) is 11.5. The number of nitrogens with zero attached hydrogens (tertiary/aromatic N) is 2. The van der Waals surface area contributed by atoms with E-state index in [1.54, 1.807) is 36.4 Å². The highest BCUT2D eigenvalue weighted by Gasteiger charge is 2.20.